The predicted octanol–water partition coefficient (Wildman–Crippen LogP) is 2.28. The van der Waals surface area contributed by atoms with E-state index < -0.39 is 0 Å². The number of carbonyl (C=O) groups is 2. The quantitative estimate of drug-likeness (QED) is 0.937. The van der Waals surface area contributed by atoms with E-state index in [1.54, 1.807) is 0 Å². The minimum Gasteiger partial charge on any atom is -0.352 e. The Balaban J connectivity index is 1.71. The Labute approximate surface area is 142 Å². The minimum atomic E-state index is -0.0400. The third-order valence-electron chi connectivity index (χ3n) is 4.36. The first-order valence-electron chi connectivity index (χ1n) is 8.39. The highest BCUT2D eigenvalue weighted by molar-refractivity contribution is 5.93. The zero-order chi connectivity index (χ0) is 16.9. The number of likely N-dealkylation sites (tertiary alicyclic amines) is 1. The summed E-state index contributed by atoms with van der Waals surface area (Å²) in [4.78, 5) is 26.0. The van der Waals surface area contributed by atoms with Crippen LogP contribution < -0.4 is 5.32 Å². The lowest BCUT2D eigenvalue weighted by molar-refractivity contribution is -0.120. The number of hydrogen-bond acceptors (Lipinski definition) is 2. The van der Waals surface area contributed by atoms with Gasteiger partial charge < -0.3 is 14.8 Å². The smallest absolute Gasteiger partial charge is 0.270 e. The van der Waals surface area contributed by atoms with E-state index in [4.69, 9.17) is 0 Å². The van der Waals surface area contributed by atoms with Gasteiger partial charge in [0.25, 0.3) is 5.91 Å². The lowest BCUT2D eigenvalue weighted by atomic mass is 10.1. The maximum Gasteiger partial charge on any atom is 0.270 e. The molecule has 1 atom stereocenters. The summed E-state index contributed by atoms with van der Waals surface area (Å²) in [6.45, 7) is 3.52. The SMILES string of the molecule is CC(=O)N[C@H]1CCCN(C(=O)c2cccn2Cc2ccccc2)C1. The molecule has 24 heavy (non-hydrogen) atoms. The first-order chi connectivity index (χ1) is 11.6. The second kappa shape index (κ2) is 7.34. The number of amides is 2. The standard InChI is InChI=1S/C19H23N3O2/c1-15(23)20-17-9-5-12-22(14-17)19(24)18-10-6-11-21(18)13-16-7-3-2-4-8-16/h2-4,6-8,10-11,17H,5,9,12-14H2,1H3,(H,20,23)/t17-/m0/s1. The van der Waals surface area contributed by atoms with Crippen molar-refractivity contribution in [3.63, 3.8) is 0 Å². The highest BCUT2D eigenvalue weighted by Crippen LogP contribution is 2.16. The van der Waals surface area contributed by atoms with Gasteiger partial charge in [-0.05, 0) is 30.5 Å². The molecule has 1 saturated heterocycles. The molecule has 5 heteroatoms. The second-order valence-electron chi connectivity index (χ2n) is 6.30. The number of nitrogens with one attached hydrogen (secondary N) is 1. The Hall–Kier alpha value is -2.56. The minimum absolute atomic E-state index is 0.0333. The molecule has 1 aromatic carbocycles. The summed E-state index contributed by atoms with van der Waals surface area (Å²) in [5, 5.41) is 2.93. The fourth-order valence-corrected chi connectivity index (χ4v) is 3.26. The van der Waals surface area contributed by atoms with Crippen LogP contribution in [0.4, 0.5) is 0 Å². The normalized spacial score (nSPS) is 17.5. The fourth-order valence-electron chi connectivity index (χ4n) is 3.26. The average molecular weight is 325 g/mol. The summed E-state index contributed by atoms with van der Waals surface area (Å²) in [6, 6.07) is 13.9. The predicted molar refractivity (Wildman–Crippen MR) is 92.7 cm³/mol. The molecule has 1 aliphatic heterocycles. The molecule has 1 fully saturated rings. The molecule has 0 aliphatic carbocycles. The van der Waals surface area contributed by atoms with Crippen LogP contribution in [0.3, 0.4) is 0 Å². The molecule has 0 radical (unpaired) electrons. The van der Waals surface area contributed by atoms with Gasteiger partial charge in [0.05, 0.1) is 0 Å². The van der Waals surface area contributed by atoms with Crippen LogP contribution in [-0.4, -0.2) is 40.4 Å². The molecule has 3 rings (SSSR count). The molecule has 2 amide bonds. The Morgan fingerprint density at radius 1 is 1.17 bits per heavy atom. The first-order valence-corrected chi connectivity index (χ1v) is 8.39. The number of rotatable bonds is 4. The number of piperidine rings is 1. The molecule has 2 aromatic rings. The van der Waals surface area contributed by atoms with E-state index in [2.05, 4.69) is 17.4 Å². The molecule has 126 valence electrons. The Morgan fingerprint density at radius 3 is 2.71 bits per heavy atom. The van der Waals surface area contributed by atoms with E-state index in [0.29, 0.717) is 18.8 Å². The van der Waals surface area contributed by atoms with Crippen LogP contribution in [-0.2, 0) is 11.3 Å². The molecule has 1 aliphatic rings. The van der Waals surface area contributed by atoms with E-state index >= 15 is 0 Å². The van der Waals surface area contributed by atoms with Crippen LogP contribution >= 0.6 is 0 Å². The third kappa shape index (κ3) is 3.85. The molecule has 1 N–H and O–H groups in total. The first kappa shape index (κ1) is 16.3. The third-order valence-corrected chi connectivity index (χ3v) is 4.36. The van der Waals surface area contributed by atoms with Crippen molar-refractivity contribution >= 4 is 11.8 Å². The molecule has 0 spiro atoms. The van der Waals surface area contributed by atoms with Gasteiger partial charge in [-0.2, -0.15) is 0 Å². The molecule has 1 aromatic heterocycles. The van der Waals surface area contributed by atoms with Crippen LogP contribution in [0.15, 0.2) is 48.7 Å². The molecule has 0 saturated carbocycles. The van der Waals surface area contributed by atoms with Crippen LogP contribution in [0.1, 0.15) is 35.8 Å². The van der Waals surface area contributed by atoms with E-state index in [1.807, 2.05) is 46.0 Å². The van der Waals surface area contributed by atoms with Crippen molar-refractivity contribution in [2.75, 3.05) is 13.1 Å². The van der Waals surface area contributed by atoms with Crippen molar-refractivity contribution < 1.29 is 9.59 Å². The summed E-state index contributed by atoms with van der Waals surface area (Å²) in [7, 11) is 0. The molecular weight excluding hydrogens is 302 g/mol. The molecular formula is C19H23N3O2. The number of carbonyl (C=O) groups excluding carboxylic acids is 2. The van der Waals surface area contributed by atoms with Crippen molar-refractivity contribution in [1.82, 2.24) is 14.8 Å². The van der Waals surface area contributed by atoms with Gasteiger partial charge in [0.1, 0.15) is 5.69 Å². The van der Waals surface area contributed by atoms with Crippen molar-refractivity contribution in [1.29, 1.82) is 0 Å². The van der Waals surface area contributed by atoms with Crippen molar-refractivity contribution in [3.05, 3.63) is 59.9 Å². The summed E-state index contributed by atoms with van der Waals surface area (Å²) in [6.07, 6.45) is 3.78. The van der Waals surface area contributed by atoms with Gasteiger partial charge in [0.2, 0.25) is 5.91 Å². The van der Waals surface area contributed by atoms with Crippen molar-refractivity contribution in [3.8, 4) is 0 Å². The van der Waals surface area contributed by atoms with Gasteiger partial charge in [-0.25, -0.2) is 0 Å². The van der Waals surface area contributed by atoms with Crippen molar-refractivity contribution in [2.24, 2.45) is 0 Å². The number of benzene rings is 1. The van der Waals surface area contributed by atoms with Gasteiger partial charge in [0.15, 0.2) is 0 Å². The lowest BCUT2D eigenvalue weighted by Gasteiger charge is -2.33. The highest BCUT2D eigenvalue weighted by Gasteiger charge is 2.26. The Morgan fingerprint density at radius 2 is 1.96 bits per heavy atom. The molecule has 0 unspecified atom stereocenters. The monoisotopic (exact) mass is 325 g/mol. The van der Waals surface area contributed by atoms with Gasteiger partial charge in [-0.1, -0.05) is 30.3 Å². The Bertz CT molecular complexity index is 708. The maximum atomic E-state index is 12.9. The zero-order valence-corrected chi connectivity index (χ0v) is 13.9. The van der Waals surface area contributed by atoms with E-state index in [9.17, 15) is 9.59 Å². The molecule has 2 heterocycles. The summed E-state index contributed by atoms with van der Waals surface area (Å²) in [5.74, 6) is -0.00673. The Kier molecular flexibility index (Phi) is 4.99. The van der Waals surface area contributed by atoms with E-state index in [-0.39, 0.29) is 17.9 Å². The summed E-state index contributed by atoms with van der Waals surface area (Å²) < 4.78 is 1.99. The molecule has 0 bridgehead atoms. The van der Waals surface area contributed by atoms with E-state index in [0.717, 1.165) is 24.9 Å². The summed E-state index contributed by atoms with van der Waals surface area (Å²) in [5.41, 5.74) is 1.86. The number of nitrogens with zero attached hydrogens (tertiary/aromatic N) is 2. The van der Waals surface area contributed by atoms with Crippen LogP contribution in [0.25, 0.3) is 0 Å². The van der Waals surface area contributed by atoms with Gasteiger partial charge in [-0.15, -0.1) is 0 Å². The second-order valence-corrected chi connectivity index (χ2v) is 6.30. The van der Waals surface area contributed by atoms with Crippen molar-refractivity contribution in [2.45, 2.75) is 32.4 Å². The zero-order valence-electron chi connectivity index (χ0n) is 13.9. The average Bonchev–Trinajstić information content (AvgIpc) is 3.03. The van der Waals surface area contributed by atoms with Gasteiger partial charge in [-0.3, -0.25) is 9.59 Å². The molecule has 5 nitrogen and oxygen atoms in total. The van der Waals surface area contributed by atoms with Gasteiger partial charge in [0, 0.05) is 38.8 Å². The number of aromatic nitrogens is 1. The topological polar surface area (TPSA) is 54.3 Å². The number of hydrogen-bond donors (Lipinski definition) is 1. The summed E-state index contributed by atoms with van der Waals surface area (Å²) >= 11 is 0. The van der Waals surface area contributed by atoms with Gasteiger partial charge >= 0.3 is 0 Å². The lowest BCUT2D eigenvalue weighted by Crippen LogP contribution is -2.49. The van der Waals surface area contributed by atoms with E-state index in [1.165, 1.54) is 6.92 Å². The largest absolute Gasteiger partial charge is 0.352 e. The van der Waals surface area contributed by atoms with Crippen LogP contribution in [0.2, 0.25) is 0 Å². The maximum absolute atomic E-state index is 12.9. The van der Waals surface area contributed by atoms with Crippen LogP contribution in [0, 0.1) is 0 Å². The fraction of sp³-hybridized carbons (Fsp3) is 0.368. The highest BCUT2D eigenvalue weighted by atomic mass is 16.2. The van der Waals surface area contributed by atoms with Crippen LogP contribution in [0.5, 0.6) is 0 Å².